The Hall–Kier alpha value is -1.45. The maximum absolute atomic E-state index is 12.4. The fourth-order valence-electron chi connectivity index (χ4n) is 2.81. The molecule has 5 nitrogen and oxygen atoms in total. The lowest BCUT2D eigenvalue weighted by molar-refractivity contribution is -0.895. The number of thioether (sulfide) groups is 1. The van der Waals surface area contributed by atoms with Crippen molar-refractivity contribution < 1.29 is 18.5 Å². The highest BCUT2D eigenvalue weighted by Crippen LogP contribution is 2.26. The van der Waals surface area contributed by atoms with E-state index in [1.807, 2.05) is 20.8 Å². The van der Waals surface area contributed by atoms with Crippen LogP contribution in [0.2, 0.25) is 0 Å². The summed E-state index contributed by atoms with van der Waals surface area (Å²) >= 11 is 5.98. The number of thiocarbonyl (C=S) groups is 1. The van der Waals surface area contributed by atoms with Crippen molar-refractivity contribution in [1.82, 2.24) is 10.2 Å². The van der Waals surface area contributed by atoms with Crippen LogP contribution < -0.4 is 15.5 Å². The average molecular weight is 418 g/mol. The molecule has 1 amide bonds. The number of nitrogens with one attached hydrogen (secondary N) is 3. The summed E-state index contributed by atoms with van der Waals surface area (Å²) in [5.41, 5.74) is 0.561. The van der Waals surface area contributed by atoms with Crippen LogP contribution in [0.25, 0.3) is 0 Å². The first-order valence-corrected chi connectivity index (χ1v) is 10.2. The van der Waals surface area contributed by atoms with E-state index in [0.717, 1.165) is 31.9 Å². The Labute approximate surface area is 168 Å². The second-order valence-corrected chi connectivity index (χ2v) is 9.00. The predicted octanol–water partition coefficient (Wildman–Crippen LogP) is 1.81. The van der Waals surface area contributed by atoms with Gasteiger partial charge in [-0.1, -0.05) is 11.8 Å². The van der Waals surface area contributed by atoms with Gasteiger partial charge in [0.25, 0.3) is 11.7 Å². The van der Waals surface area contributed by atoms with E-state index >= 15 is 0 Å². The van der Waals surface area contributed by atoms with E-state index in [4.69, 9.17) is 12.2 Å². The van der Waals surface area contributed by atoms with Gasteiger partial charge in [0.1, 0.15) is 0 Å². The summed E-state index contributed by atoms with van der Waals surface area (Å²) in [7, 11) is 0. The van der Waals surface area contributed by atoms with Crippen LogP contribution in [0.4, 0.5) is 14.5 Å². The molecule has 0 aliphatic carbocycles. The van der Waals surface area contributed by atoms with Crippen LogP contribution in [-0.2, 0) is 4.79 Å². The molecule has 0 bridgehead atoms. The Morgan fingerprint density at radius 1 is 1.26 bits per heavy atom. The third kappa shape index (κ3) is 7.98. The standard InChI is InChI=1S/C18H26F2N4OS2/c1-18(2,3)22-15(25)12-23-8-10-24(11-9-23)17(26)21-13-4-6-14(7-5-13)27-16(19)20/h4-7,16H,8-12H2,1-3H3,(H,21,26)(H,22,25)/p+1. The van der Waals surface area contributed by atoms with Crippen LogP contribution in [0.5, 0.6) is 0 Å². The van der Waals surface area contributed by atoms with Crippen LogP contribution in [0.15, 0.2) is 29.2 Å². The molecule has 150 valence electrons. The Morgan fingerprint density at radius 3 is 2.37 bits per heavy atom. The van der Waals surface area contributed by atoms with Gasteiger partial charge in [0.2, 0.25) is 0 Å². The fourth-order valence-corrected chi connectivity index (χ4v) is 3.61. The summed E-state index contributed by atoms with van der Waals surface area (Å²) in [5, 5.41) is 6.75. The van der Waals surface area contributed by atoms with E-state index in [1.165, 1.54) is 4.90 Å². The van der Waals surface area contributed by atoms with E-state index < -0.39 is 5.76 Å². The zero-order valence-electron chi connectivity index (χ0n) is 15.9. The summed E-state index contributed by atoms with van der Waals surface area (Å²) in [6.07, 6.45) is 0. The summed E-state index contributed by atoms with van der Waals surface area (Å²) < 4.78 is 24.7. The molecule has 1 heterocycles. The van der Waals surface area contributed by atoms with E-state index in [1.54, 1.807) is 24.3 Å². The smallest absolute Gasteiger partial charge is 0.288 e. The number of rotatable bonds is 5. The first-order valence-electron chi connectivity index (χ1n) is 8.88. The number of halogens is 2. The highest BCUT2D eigenvalue weighted by Gasteiger charge is 2.25. The number of alkyl halides is 2. The molecule has 0 radical (unpaired) electrons. The lowest BCUT2D eigenvalue weighted by Gasteiger charge is -2.34. The highest BCUT2D eigenvalue weighted by atomic mass is 32.2. The van der Waals surface area contributed by atoms with Gasteiger partial charge in [-0.25, -0.2) is 0 Å². The molecule has 1 saturated heterocycles. The van der Waals surface area contributed by atoms with Crippen LogP contribution in [0.1, 0.15) is 20.8 Å². The predicted molar refractivity (Wildman–Crippen MR) is 110 cm³/mol. The number of amides is 1. The monoisotopic (exact) mass is 417 g/mol. The minimum atomic E-state index is -2.42. The Morgan fingerprint density at radius 2 is 1.85 bits per heavy atom. The third-order valence-electron chi connectivity index (χ3n) is 4.01. The zero-order chi connectivity index (χ0) is 20.0. The first-order chi connectivity index (χ1) is 12.6. The number of hydrogen-bond acceptors (Lipinski definition) is 3. The van der Waals surface area contributed by atoms with Crippen LogP contribution in [0, 0.1) is 0 Å². The van der Waals surface area contributed by atoms with Crippen LogP contribution >= 0.6 is 24.0 Å². The van der Waals surface area contributed by atoms with Crippen molar-refractivity contribution in [3.05, 3.63) is 24.3 Å². The molecular weight excluding hydrogens is 390 g/mol. The highest BCUT2D eigenvalue weighted by molar-refractivity contribution is 7.99. The summed E-state index contributed by atoms with van der Waals surface area (Å²) in [6, 6.07) is 6.79. The van der Waals surface area contributed by atoms with Crippen molar-refractivity contribution in [3.63, 3.8) is 0 Å². The largest absolute Gasteiger partial charge is 0.347 e. The summed E-state index contributed by atoms with van der Waals surface area (Å²) in [4.78, 5) is 15.9. The Balaban J connectivity index is 1.77. The second-order valence-electron chi connectivity index (χ2n) is 7.55. The van der Waals surface area contributed by atoms with Crippen LogP contribution in [0.3, 0.4) is 0 Å². The minimum absolute atomic E-state index is 0.0633. The minimum Gasteiger partial charge on any atom is -0.347 e. The summed E-state index contributed by atoms with van der Waals surface area (Å²) in [5.74, 6) is -2.36. The van der Waals surface area contributed by atoms with Crippen molar-refractivity contribution in [2.24, 2.45) is 0 Å². The van der Waals surface area contributed by atoms with Gasteiger partial charge in [-0.3, -0.25) is 4.79 Å². The molecule has 0 spiro atoms. The van der Waals surface area contributed by atoms with E-state index in [9.17, 15) is 13.6 Å². The average Bonchev–Trinajstić information content (AvgIpc) is 2.55. The van der Waals surface area contributed by atoms with E-state index in [0.29, 0.717) is 28.3 Å². The maximum Gasteiger partial charge on any atom is 0.288 e. The molecule has 0 saturated carbocycles. The Kier molecular flexibility index (Phi) is 7.81. The first kappa shape index (κ1) is 21.8. The second kappa shape index (κ2) is 9.66. The molecule has 3 N–H and O–H groups in total. The molecule has 0 unspecified atom stereocenters. The van der Waals surface area contributed by atoms with Gasteiger partial charge < -0.3 is 20.4 Å². The molecule has 1 fully saturated rings. The molecule has 1 aliphatic rings. The van der Waals surface area contributed by atoms with Gasteiger partial charge in [-0.15, -0.1) is 0 Å². The van der Waals surface area contributed by atoms with Crippen molar-refractivity contribution >= 4 is 40.7 Å². The number of quaternary nitrogens is 1. The zero-order valence-corrected chi connectivity index (χ0v) is 17.5. The fraction of sp³-hybridized carbons (Fsp3) is 0.556. The molecule has 0 aromatic heterocycles. The number of hydrogen-bond donors (Lipinski definition) is 3. The van der Waals surface area contributed by atoms with E-state index in [2.05, 4.69) is 15.5 Å². The number of carbonyl (C=O) groups is 1. The molecule has 9 heteroatoms. The van der Waals surface area contributed by atoms with E-state index in [-0.39, 0.29) is 11.4 Å². The van der Waals surface area contributed by atoms with Gasteiger partial charge in [-0.05, 0) is 57.3 Å². The van der Waals surface area contributed by atoms with Gasteiger partial charge in [-0.2, -0.15) is 8.78 Å². The lowest BCUT2D eigenvalue weighted by atomic mass is 10.1. The topological polar surface area (TPSA) is 48.8 Å². The third-order valence-corrected chi connectivity index (χ3v) is 5.10. The van der Waals surface area contributed by atoms with Crippen molar-refractivity contribution in [1.29, 1.82) is 0 Å². The van der Waals surface area contributed by atoms with Crippen molar-refractivity contribution in [2.75, 3.05) is 38.0 Å². The molecule has 2 rings (SSSR count). The molecule has 27 heavy (non-hydrogen) atoms. The molecular formula is C18H27F2N4OS2+. The lowest BCUT2D eigenvalue weighted by Crippen LogP contribution is -3.16. The SMILES string of the molecule is CC(C)(C)NC(=O)C[NH+]1CCN(C(=S)Nc2ccc(SC(F)F)cc2)CC1. The summed E-state index contributed by atoms with van der Waals surface area (Å²) in [6.45, 7) is 9.59. The number of nitrogens with zero attached hydrogens (tertiary/aromatic N) is 1. The molecule has 1 aromatic carbocycles. The van der Waals surface area contributed by atoms with Gasteiger partial charge in [0.15, 0.2) is 11.7 Å². The normalized spacial score (nSPS) is 15.7. The molecule has 0 atom stereocenters. The number of carbonyl (C=O) groups excluding carboxylic acids is 1. The maximum atomic E-state index is 12.4. The van der Waals surface area contributed by atoms with Gasteiger partial charge in [0.05, 0.1) is 26.2 Å². The number of anilines is 1. The van der Waals surface area contributed by atoms with Crippen molar-refractivity contribution in [3.8, 4) is 0 Å². The van der Waals surface area contributed by atoms with Gasteiger partial charge in [0, 0.05) is 16.1 Å². The van der Waals surface area contributed by atoms with Crippen molar-refractivity contribution in [2.45, 2.75) is 37.0 Å². The van der Waals surface area contributed by atoms with Gasteiger partial charge >= 0.3 is 0 Å². The number of benzene rings is 1. The quantitative estimate of drug-likeness (QED) is 0.504. The number of piperazine rings is 1. The molecule has 1 aliphatic heterocycles. The Bertz CT molecular complexity index is 642. The molecule has 1 aromatic rings. The van der Waals surface area contributed by atoms with Crippen LogP contribution in [-0.4, -0.2) is 59.9 Å².